The minimum absolute atomic E-state index is 0.269. The normalized spacial score (nSPS) is 12.8. The van der Waals surface area contributed by atoms with Crippen LogP contribution in [0.5, 0.6) is 5.75 Å². The molecule has 0 fully saturated rings. The molecule has 2 nitrogen and oxygen atoms in total. The average Bonchev–Trinajstić information content (AvgIpc) is 2.45. The molecule has 0 aromatic heterocycles. The smallest absolute Gasteiger partial charge is 0.119 e. The number of benzene rings is 2. The van der Waals surface area contributed by atoms with Crippen molar-refractivity contribution >= 4 is 10.8 Å². The van der Waals surface area contributed by atoms with Gasteiger partial charge in [0.1, 0.15) is 5.75 Å². The topological polar surface area (TPSA) is 29.5 Å². The standard InChI is InChI=1S/C18H24O2/c1-13(2)7-9-16(19)11-15-6-4-5-14-8-10-17(20-3)12-18(14)15/h4-6,8,10,12-13,16,19H,7,9,11H2,1-3H3. The fraction of sp³-hybridized carbons (Fsp3) is 0.444. The fourth-order valence-corrected chi connectivity index (χ4v) is 2.50. The van der Waals surface area contributed by atoms with Crippen molar-refractivity contribution in [3.8, 4) is 5.75 Å². The highest BCUT2D eigenvalue weighted by atomic mass is 16.5. The second-order valence-electron chi connectivity index (χ2n) is 5.83. The summed E-state index contributed by atoms with van der Waals surface area (Å²) in [5, 5.41) is 12.6. The summed E-state index contributed by atoms with van der Waals surface area (Å²) < 4.78 is 5.30. The minimum atomic E-state index is -0.269. The lowest BCUT2D eigenvalue weighted by Gasteiger charge is -2.14. The third kappa shape index (κ3) is 3.73. The molecular weight excluding hydrogens is 248 g/mol. The van der Waals surface area contributed by atoms with E-state index >= 15 is 0 Å². The van der Waals surface area contributed by atoms with Gasteiger partial charge in [-0.15, -0.1) is 0 Å². The number of aliphatic hydroxyl groups is 1. The van der Waals surface area contributed by atoms with Gasteiger partial charge in [-0.1, -0.05) is 38.1 Å². The third-order valence-electron chi connectivity index (χ3n) is 3.71. The molecule has 2 aromatic rings. The zero-order valence-corrected chi connectivity index (χ0v) is 12.6. The Hall–Kier alpha value is -1.54. The number of methoxy groups -OCH3 is 1. The van der Waals surface area contributed by atoms with Crippen LogP contribution in [0.3, 0.4) is 0 Å². The Morgan fingerprint density at radius 2 is 1.90 bits per heavy atom. The van der Waals surface area contributed by atoms with Crippen LogP contribution in [0.2, 0.25) is 0 Å². The van der Waals surface area contributed by atoms with E-state index in [1.807, 2.05) is 6.07 Å². The second kappa shape index (κ2) is 6.76. The second-order valence-corrected chi connectivity index (χ2v) is 5.83. The predicted octanol–water partition coefficient (Wildman–Crippen LogP) is 4.19. The van der Waals surface area contributed by atoms with Crippen molar-refractivity contribution in [1.82, 2.24) is 0 Å². The van der Waals surface area contributed by atoms with Crippen LogP contribution in [-0.4, -0.2) is 18.3 Å². The molecule has 0 heterocycles. The van der Waals surface area contributed by atoms with Gasteiger partial charge in [0.2, 0.25) is 0 Å². The first-order valence-electron chi connectivity index (χ1n) is 7.34. The van der Waals surface area contributed by atoms with E-state index in [2.05, 4.69) is 44.2 Å². The highest BCUT2D eigenvalue weighted by Gasteiger charge is 2.10. The molecular formula is C18H24O2. The van der Waals surface area contributed by atoms with E-state index in [0.29, 0.717) is 12.3 Å². The molecule has 0 amide bonds. The predicted molar refractivity (Wildman–Crippen MR) is 84.3 cm³/mol. The molecule has 0 aliphatic rings. The van der Waals surface area contributed by atoms with E-state index in [1.54, 1.807) is 7.11 Å². The van der Waals surface area contributed by atoms with Crippen LogP contribution in [0.1, 0.15) is 32.3 Å². The van der Waals surface area contributed by atoms with Gasteiger partial charge in [0.25, 0.3) is 0 Å². The zero-order valence-electron chi connectivity index (χ0n) is 12.6. The summed E-state index contributed by atoms with van der Waals surface area (Å²) in [4.78, 5) is 0. The van der Waals surface area contributed by atoms with Gasteiger partial charge >= 0.3 is 0 Å². The van der Waals surface area contributed by atoms with E-state index in [4.69, 9.17) is 4.74 Å². The zero-order chi connectivity index (χ0) is 14.5. The molecule has 1 N–H and O–H groups in total. The van der Waals surface area contributed by atoms with Crippen LogP contribution in [-0.2, 0) is 6.42 Å². The summed E-state index contributed by atoms with van der Waals surface area (Å²) >= 11 is 0. The highest BCUT2D eigenvalue weighted by molar-refractivity contribution is 5.87. The van der Waals surface area contributed by atoms with E-state index in [0.717, 1.165) is 18.6 Å². The van der Waals surface area contributed by atoms with Crippen molar-refractivity contribution in [2.45, 2.75) is 39.2 Å². The van der Waals surface area contributed by atoms with E-state index < -0.39 is 0 Å². The molecule has 0 saturated carbocycles. The van der Waals surface area contributed by atoms with Crippen LogP contribution in [0, 0.1) is 5.92 Å². The van der Waals surface area contributed by atoms with E-state index in [1.165, 1.54) is 16.3 Å². The first-order valence-corrected chi connectivity index (χ1v) is 7.34. The molecule has 20 heavy (non-hydrogen) atoms. The molecule has 0 radical (unpaired) electrons. The fourth-order valence-electron chi connectivity index (χ4n) is 2.50. The van der Waals surface area contributed by atoms with Gasteiger partial charge in [-0.05, 0) is 53.6 Å². The van der Waals surface area contributed by atoms with Gasteiger partial charge in [0.15, 0.2) is 0 Å². The molecule has 0 aliphatic carbocycles. The van der Waals surface area contributed by atoms with Gasteiger partial charge in [-0.2, -0.15) is 0 Å². The Balaban J connectivity index is 2.20. The van der Waals surface area contributed by atoms with Crippen LogP contribution in [0.25, 0.3) is 10.8 Å². The molecule has 2 aromatic carbocycles. The van der Waals surface area contributed by atoms with Crippen LogP contribution < -0.4 is 4.74 Å². The summed E-state index contributed by atoms with van der Waals surface area (Å²) in [6.45, 7) is 4.38. The summed E-state index contributed by atoms with van der Waals surface area (Å²) in [5.74, 6) is 1.50. The maximum atomic E-state index is 10.2. The SMILES string of the molecule is COc1ccc2cccc(CC(O)CCC(C)C)c2c1. The molecule has 0 bridgehead atoms. The number of hydrogen-bond donors (Lipinski definition) is 1. The van der Waals surface area contributed by atoms with Gasteiger partial charge in [0, 0.05) is 0 Å². The first kappa shape index (κ1) is 14.9. The van der Waals surface area contributed by atoms with E-state index in [9.17, 15) is 5.11 Å². The Morgan fingerprint density at radius 3 is 2.60 bits per heavy atom. The average molecular weight is 272 g/mol. The Morgan fingerprint density at radius 1 is 1.10 bits per heavy atom. The summed E-state index contributed by atoms with van der Waals surface area (Å²) in [6, 6.07) is 12.3. The largest absolute Gasteiger partial charge is 0.497 e. The lowest BCUT2D eigenvalue weighted by Crippen LogP contribution is -2.11. The highest BCUT2D eigenvalue weighted by Crippen LogP contribution is 2.25. The first-order chi connectivity index (χ1) is 9.60. The molecule has 1 atom stereocenters. The Bertz CT molecular complexity index is 560. The van der Waals surface area contributed by atoms with Crippen LogP contribution in [0.4, 0.5) is 0 Å². The lowest BCUT2D eigenvalue weighted by molar-refractivity contribution is 0.157. The van der Waals surface area contributed by atoms with Crippen molar-refractivity contribution in [3.63, 3.8) is 0 Å². The Labute approximate surface area is 121 Å². The molecule has 1 unspecified atom stereocenters. The summed E-state index contributed by atoms with van der Waals surface area (Å²) in [5.41, 5.74) is 1.19. The van der Waals surface area contributed by atoms with Crippen LogP contribution in [0.15, 0.2) is 36.4 Å². The van der Waals surface area contributed by atoms with Gasteiger partial charge in [0.05, 0.1) is 13.2 Å². The van der Waals surface area contributed by atoms with Crippen molar-refractivity contribution in [2.24, 2.45) is 5.92 Å². The molecule has 2 rings (SSSR count). The van der Waals surface area contributed by atoms with Gasteiger partial charge < -0.3 is 9.84 Å². The quantitative estimate of drug-likeness (QED) is 0.854. The summed E-state index contributed by atoms with van der Waals surface area (Å²) in [6.07, 6.45) is 2.36. The lowest BCUT2D eigenvalue weighted by atomic mass is 9.96. The monoisotopic (exact) mass is 272 g/mol. The number of fused-ring (bicyclic) bond motifs is 1. The molecule has 0 aliphatic heterocycles. The van der Waals surface area contributed by atoms with Crippen molar-refractivity contribution < 1.29 is 9.84 Å². The molecule has 108 valence electrons. The molecule has 0 spiro atoms. The van der Waals surface area contributed by atoms with Crippen molar-refractivity contribution in [2.75, 3.05) is 7.11 Å². The number of hydrogen-bond acceptors (Lipinski definition) is 2. The minimum Gasteiger partial charge on any atom is -0.497 e. The molecule has 2 heteroatoms. The van der Waals surface area contributed by atoms with Crippen molar-refractivity contribution in [1.29, 1.82) is 0 Å². The molecule has 0 saturated heterocycles. The number of aliphatic hydroxyl groups excluding tert-OH is 1. The third-order valence-corrected chi connectivity index (χ3v) is 3.71. The Kier molecular flexibility index (Phi) is 5.02. The van der Waals surface area contributed by atoms with Gasteiger partial charge in [-0.25, -0.2) is 0 Å². The number of ether oxygens (including phenoxy) is 1. The number of rotatable bonds is 6. The van der Waals surface area contributed by atoms with Gasteiger partial charge in [-0.3, -0.25) is 0 Å². The van der Waals surface area contributed by atoms with Crippen molar-refractivity contribution in [3.05, 3.63) is 42.0 Å². The maximum Gasteiger partial charge on any atom is 0.119 e. The van der Waals surface area contributed by atoms with Crippen LogP contribution >= 0.6 is 0 Å². The van der Waals surface area contributed by atoms with E-state index in [-0.39, 0.29) is 6.10 Å². The summed E-state index contributed by atoms with van der Waals surface area (Å²) in [7, 11) is 1.68. The maximum absolute atomic E-state index is 10.2.